The summed E-state index contributed by atoms with van der Waals surface area (Å²) in [5.41, 5.74) is 7.47. The van der Waals surface area contributed by atoms with Gasteiger partial charge in [0.25, 0.3) is 0 Å². The second-order valence-corrected chi connectivity index (χ2v) is 16.2. The fourth-order valence-electron chi connectivity index (χ4n) is 10.7. The summed E-state index contributed by atoms with van der Waals surface area (Å²) in [5, 5.41) is 22.8. The molecule has 13 aromatic rings. The van der Waals surface area contributed by atoms with Gasteiger partial charge in [-0.15, -0.1) is 0 Å². The van der Waals surface area contributed by atoms with Crippen LogP contribution in [-0.2, 0) is 0 Å². The van der Waals surface area contributed by atoms with Gasteiger partial charge in [-0.2, -0.15) is 0 Å². The van der Waals surface area contributed by atoms with Gasteiger partial charge < -0.3 is 0 Å². The van der Waals surface area contributed by atoms with Crippen molar-refractivity contribution in [3.8, 4) is 33.4 Å². The van der Waals surface area contributed by atoms with Crippen LogP contribution in [0.1, 0.15) is 0 Å². The van der Waals surface area contributed by atoms with Gasteiger partial charge in [-0.1, -0.05) is 218 Å². The van der Waals surface area contributed by atoms with Gasteiger partial charge in [0.2, 0.25) is 0 Å². The van der Waals surface area contributed by atoms with Crippen LogP contribution < -0.4 is 0 Å². The van der Waals surface area contributed by atoms with E-state index in [4.69, 9.17) is 0 Å². The predicted molar refractivity (Wildman–Crippen MR) is 260 cm³/mol. The molecule has 0 amide bonds. The van der Waals surface area contributed by atoms with Gasteiger partial charge in [0, 0.05) is 0 Å². The van der Waals surface area contributed by atoms with Crippen LogP contribution in [0.3, 0.4) is 0 Å². The van der Waals surface area contributed by atoms with Crippen LogP contribution in [0.4, 0.5) is 0 Å². The highest BCUT2D eigenvalue weighted by Crippen LogP contribution is 2.52. The fraction of sp³-hybridized carbons (Fsp3) is 0. The lowest BCUT2D eigenvalue weighted by Crippen LogP contribution is -1.96. The molecule has 0 aromatic heterocycles. The minimum absolute atomic E-state index is 1.23. The van der Waals surface area contributed by atoms with Crippen molar-refractivity contribution in [1.29, 1.82) is 0 Å². The molecular formula is C60H36. The molecule has 0 N–H and O–H groups in total. The molecule has 0 aliphatic rings. The zero-order valence-electron chi connectivity index (χ0n) is 32.8. The van der Waals surface area contributed by atoms with E-state index >= 15 is 0 Å². The van der Waals surface area contributed by atoms with E-state index in [9.17, 15) is 0 Å². The average molecular weight is 757 g/mol. The third-order valence-corrected chi connectivity index (χ3v) is 13.2. The zero-order chi connectivity index (χ0) is 39.3. The van der Waals surface area contributed by atoms with Crippen molar-refractivity contribution in [1.82, 2.24) is 0 Å². The van der Waals surface area contributed by atoms with Gasteiger partial charge >= 0.3 is 0 Å². The lowest BCUT2D eigenvalue weighted by atomic mass is 9.79. The van der Waals surface area contributed by atoms with Gasteiger partial charge in [-0.3, -0.25) is 0 Å². The van der Waals surface area contributed by atoms with Crippen molar-refractivity contribution >= 4 is 97.0 Å². The maximum Gasteiger partial charge on any atom is -0.00137 e. The van der Waals surface area contributed by atoms with Crippen molar-refractivity contribution in [2.24, 2.45) is 0 Å². The highest BCUT2D eigenvalue weighted by Gasteiger charge is 2.24. The van der Waals surface area contributed by atoms with E-state index < -0.39 is 0 Å². The highest BCUT2D eigenvalue weighted by atomic mass is 14.3. The SMILES string of the molecule is c1ccc2c(-c3c(-c4c(-c5cccc6c7ccccc7c7ccc8ccccc8c7c56)ccc5c6ccccc6c6ccccc6c45)ccc4ccccc34)cccc2c1. The lowest BCUT2D eigenvalue weighted by molar-refractivity contribution is 1.64. The average Bonchev–Trinajstić information content (AvgIpc) is 3.33. The van der Waals surface area contributed by atoms with E-state index in [1.807, 2.05) is 0 Å². The number of hydrogen-bond donors (Lipinski definition) is 0. The summed E-state index contributed by atoms with van der Waals surface area (Å²) in [5.74, 6) is 0. The second kappa shape index (κ2) is 12.9. The molecule has 0 aliphatic heterocycles. The smallest absolute Gasteiger partial charge is 0.00137 e. The van der Waals surface area contributed by atoms with E-state index in [1.54, 1.807) is 0 Å². The zero-order valence-corrected chi connectivity index (χ0v) is 32.8. The lowest BCUT2D eigenvalue weighted by Gasteiger charge is -2.23. The topological polar surface area (TPSA) is 0 Å². The Morgan fingerprint density at radius 3 is 1.22 bits per heavy atom. The second-order valence-electron chi connectivity index (χ2n) is 16.2. The Labute approximate surface area is 347 Å². The molecule has 13 rings (SSSR count). The summed E-state index contributed by atoms with van der Waals surface area (Å²) in [4.78, 5) is 0. The first-order valence-electron chi connectivity index (χ1n) is 20.9. The van der Waals surface area contributed by atoms with E-state index in [1.165, 1.54) is 130 Å². The van der Waals surface area contributed by atoms with Crippen LogP contribution in [0, 0.1) is 0 Å². The summed E-state index contributed by atoms with van der Waals surface area (Å²) in [6, 6.07) is 81.7. The molecule has 0 unspecified atom stereocenters. The van der Waals surface area contributed by atoms with Crippen LogP contribution in [-0.4, -0.2) is 0 Å². The molecular weight excluding hydrogens is 721 g/mol. The maximum atomic E-state index is 2.43. The van der Waals surface area contributed by atoms with Crippen LogP contribution in [0.2, 0.25) is 0 Å². The Morgan fingerprint density at radius 2 is 0.533 bits per heavy atom. The maximum absolute atomic E-state index is 2.43. The summed E-state index contributed by atoms with van der Waals surface area (Å²) < 4.78 is 0. The molecule has 0 atom stereocenters. The van der Waals surface area contributed by atoms with E-state index in [0.29, 0.717) is 0 Å². The third-order valence-electron chi connectivity index (χ3n) is 13.2. The van der Waals surface area contributed by atoms with Crippen molar-refractivity contribution < 1.29 is 0 Å². The molecule has 0 bridgehead atoms. The van der Waals surface area contributed by atoms with Crippen LogP contribution in [0.25, 0.3) is 130 Å². The molecule has 0 saturated carbocycles. The molecule has 0 spiro atoms. The van der Waals surface area contributed by atoms with Gasteiger partial charge in [-0.05, 0) is 130 Å². The molecule has 0 aliphatic carbocycles. The Morgan fingerprint density at radius 1 is 0.150 bits per heavy atom. The van der Waals surface area contributed by atoms with Gasteiger partial charge in [0.05, 0.1) is 0 Å². The Balaban J connectivity index is 1.30. The van der Waals surface area contributed by atoms with Crippen molar-refractivity contribution in [3.05, 3.63) is 218 Å². The summed E-state index contributed by atoms with van der Waals surface area (Å²) >= 11 is 0. The first-order valence-corrected chi connectivity index (χ1v) is 20.9. The van der Waals surface area contributed by atoms with Crippen molar-refractivity contribution in [2.45, 2.75) is 0 Å². The first-order chi connectivity index (χ1) is 29.8. The Hall–Kier alpha value is -7.80. The Bertz CT molecular complexity index is 3900. The van der Waals surface area contributed by atoms with Gasteiger partial charge in [-0.25, -0.2) is 0 Å². The monoisotopic (exact) mass is 756 g/mol. The fourth-order valence-corrected chi connectivity index (χ4v) is 10.7. The molecule has 0 heteroatoms. The molecule has 13 aromatic carbocycles. The van der Waals surface area contributed by atoms with E-state index in [-0.39, 0.29) is 0 Å². The number of hydrogen-bond acceptors (Lipinski definition) is 0. The molecule has 0 nitrogen and oxygen atoms in total. The first kappa shape index (κ1) is 33.2. The van der Waals surface area contributed by atoms with Crippen LogP contribution in [0.5, 0.6) is 0 Å². The minimum Gasteiger partial charge on any atom is -0.0616 e. The molecule has 0 fully saturated rings. The van der Waals surface area contributed by atoms with Crippen LogP contribution >= 0.6 is 0 Å². The number of rotatable bonds is 3. The summed E-state index contributed by atoms with van der Waals surface area (Å²) in [6.45, 7) is 0. The molecule has 0 saturated heterocycles. The molecule has 276 valence electrons. The highest BCUT2D eigenvalue weighted by molar-refractivity contribution is 6.36. The molecule has 60 heavy (non-hydrogen) atoms. The van der Waals surface area contributed by atoms with E-state index in [0.717, 1.165) is 0 Å². The summed E-state index contributed by atoms with van der Waals surface area (Å²) in [7, 11) is 0. The third kappa shape index (κ3) is 4.68. The number of benzene rings is 13. The predicted octanol–water partition coefficient (Wildman–Crippen LogP) is 17.1. The molecule has 0 heterocycles. The van der Waals surface area contributed by atoms with Crippen molar-refractivity contribution in [2.75, 3.05) is 0 Å². The summed E-state index contributed by atoms with van der Waals surface area (Å²) in [6.07, 6.45) is 0. The Kier molecular flexibility index (Phi) is 7.11. The number of fused-ring (bicyclic) bond motifs is 16. The van der Waals surface area contributed by atoms with Gasteiger partial charge in [0.15, 0.2) is 0 Å². The van der Waals surface area contributed by atoms with Gasteiger partial charge in [0.1, 0.15) is 0 Å². The van der Waals surface area contributed by atoms with E-state index in [2.05, 4.69) is 218 Å². The minimum atomic E-state index is 1.23. The standard InChI is InChI=1S/C60H36/c1-4-19-40-37(15-1)18-13-28-48(40)56-41-20-5-2-16-38(41)32-34-55(56)60-54(36-35-53-45-24-8-7-22-43(45)44-23-11-12-27-49(44)59(53)60)51-30-14-29-50-46-25-9-10-26-47(46)52-33-31-39-17-3-6-21-42(39)57(52)58(50)51/h1-36H. The van der Waals surface area contributed by atoms with Crippen LogP contribution in [0.15, 0.2) is 218 Å². The largest absolute Gasteiger partial charge is 0.0616 e. The normalized spacial score (nSPS) is 12.0. The quantitative estimate of drug-likeness (QED) is 0.158. The molecule has 0 radical (unpaired) electrons. The van der Waals surface area contributed by atoms with Crippen molar-refractivity contribution in [3.63, 3.8) is 0 Å².